The summed E-state index contributed by atoms with van der Waals surface area (Å²) in [5, 5.41) is 11.8. The Morgan fingerprint density at radius 3 is 2.28 bits per heavy atom. The number of anilines is 2. The van der Waals surface area contributed by atoms with Gasteiger partial charge in [-0.3, -0.25) is 0 Å². The molecule has 0 aliphatic carbocycles. The van der Waals surface area contributed by atoms with Crippen molar-refractivity contribution in [3.05, 3.63) is 84.1 Å². The molecule has 0 aliphatic rings. The molecular weight excluding hydrogens is 383 g/mol. The van der Waals surface area contributed by atoms with Gasteiger partial charge in [-0.05, 0) is 30.7 Å². The second kappa shape index (κ2) is 8.14. The molecule has 0 spiro atoms. The number of benzene rings is 2. The van der Waals surface area contributed by atoms with Gasteiger partial charge in [-0.25, -0.2) is 14.8 Å². The number of carbonyl (C=O) groups is 1. The van der Waals surface area contributed by atoms with Gasteiger partial charge in [-0.15, -0.1) is 6.58 Å². The number of carboxylic acids is 1. The maximum Gasteiger partial charge on any atom is 0.433 e. The minimum Gasteiger partial charge on any atom is -0.478 e. The highest BCUT2D eigenvalue weighted by Gasteiger charge is 2.37. The van der Waals surface area contributed by atoms with Crippen LogP contribution in [0.25, 0.3) is 11.4 Å². The fourth-order valence-electron chi connectivity index (χ4n) is 2.71. The molecule has 2 aromatic carbocycles. The topological polar surface area (TPSA) is 75.1 Å². The summed E-state index contributed by atoms with van der Waals surface area (Å²) in [4.78, 5) is 19.1. The Morgan fingerprint density at radius 2 is 1.72 bits per heavy atom. The van der Waals surface area contributed by atoms with Crippen LogP contribution in [-0.4, -0.2) is 21.0 Å². The second-order valence-electron chi connectivity index (χ2n) is 6.09. The van der Waals surface area contributed by atoms with Crippen LogP contribution >= 0.6 is 0 Å². The molecule has 0 saturated carbocycles. The summed E-state index contributed by atoms with van der Waals surface area (Å²) in [5.74, 6) is -1.19. The van der Waals surface area contributed by atoms with E-state index in [9.17, 15) is 18.0 Å². The fourth-order valence-corrected chi connectivity index (χ4v) is 2.71. The third-order valence-electron chi connectivity index (χ3n) is 4.05. The molecule has 0 bridgehead atoms. The third kappa shape index (κ3) is 4.60. The van der Waals surface area contributed by atoms with Gasteiger partial charge in [0.2, 0.25) is 0 Å². The summed E-state index contributed by atoms with van der Waals surface area (Å²) in [5.41, 5.74) is -0.297. The lowest BCUT2D eigenvalue weighted by atomic mass is 10.1. The number of halogens is 3. The number of rotatable bonds is 6. The Morgan fingerprint density at radius 1 is 1.07 bits per heavy atom. The number of hydrogen-bond donors (Lipinski definition) is 2. The first-order valence-corrected chi connectivity index (χ1v) is 8.54. The lowest BCUT2D eigenvalue weighted by Crippen LogP contribution is -2.16. The molecule has 3 aromatic rings. The van der Waals surface area contributed by atoms with E-state index in [1.54, 1.807) is 30.3 Å². The van der Waals surface area contributed by atoms with Crippen LogP contribution in [0.1, 0.15) is 21.6 Å². The number of hydrogen-bond acceptors (Lipinski definition) is 4. The molecule has 0 saturated heterocycles. The monoisotopic (exact) mass is 399 g/mol. The normalized spacial score (nSPS) is 11.1. The minimum absolute atomic E-state index is 0.0193. The fraction of sp³-hybridized carbons (Fsp3) is 0.0952. The van der Waals surface area contributed by atoms with Gasteiger partial charge in [-0.2, -0.15) is 13.2 Å². The summed E-state index contributed by atoms with van der Waals surface area (Å²) in [6.07, 6.45) is -3.44. The van der Waals surface area contributed by atoms with E-state index < -0.39 is 17.8 Å². The van der Waals surface area contributed by atoms with E-state index in [2.05, 4.69) is 21.9 Å². The highest BCUT2D eigenvalue weighted by atomic mass is 19.4. The van der Waals surface area contributed by atoms with Crippen molar-refractivity contribution in [2.45, 2.75) is 12.6 Å². The van der Waals surface area contributed by atoms with E-state index in [0.29, 0.717) is 11.3 Å². The van der Waals surface area contributed by atoms with Gasteiger partial charge in [0.25, 0.3) is 0 Å². The van der Waals surface area contributed by atoms with Crippen molar-refractivity contribution in [1.82, 2.24) is 9.97 Å². The smallest absolute Gasteiger partial charge is 0.433 e. The van der Waals surface area contributed by atoms with Crippen LogP contribution in [0.5, 0.6) is 0 Å². The van der Waals surface area contributed by atoms with Gasteiger partial charge >= 0.3 is 12.1 Å². The molecule has 1 aromatic heterocycles. The molecule has 1 heterocycles. The van der Waals surface area contributed by atoms with Crippen LogP contribution in [-0.2, 0) is 12.6 Å². The van der Waals surface area contributed by atoms with Crippen molar-refractivity contribution in [3.63, 3.8) is 0 Å². The van der Waals surface area contributed by atoms with Crippen molar-refractivity contribution < 1.29 is 23.1 Å². The first-order valence-electron chi connectivity index (χ1n) is 8.54. The average molecular weight is 399 g/mol. The largest absolute Gasteiger partial charge is 0.478 e. The Labute approximate surface area is 164 Å². The molecule has 29 heavy (non-hydrogen) atoms. The highest BCUT2D eigenvalue weighted by molar-refractivity contribution is 5.88. The molecule has 8 heteroatoms. The molecule has 2 N–H and O–H groups in total. The van der Waals surface area contributed by atoms with Crippen molar-refractivity contribution >= 4 is 17.5 Å². The maximum atomic E-state index is 13.7. The standard InChI is InChI=1S/C21H16F3N3O2/c1-2-6-16-17(21(22,23)24)26-18(13-7-4-3-5-8-13)27-19(16)25-15-11-9-14(10-12-15)20(28)29/h2-5,7-12H,1,6H2,(H,28,29)(H,25,26,27). The van der Waals surface area contributed by atoms with E-state index in [0.717, 1.165) is 0 Å². The van der Waals surface area contributed by atoms with Crippen LogP contribution in [0.3, 0.4) is 0 Å². The number of alkyl halides is 3. The van der Waals surface area contributed by atoms with Gasteiger partial charge in [0.1, 0.15) is 5.82 Å². The molecule has 0 amide bonds. The number of carboxylic acid groups (broad SMARTS) is 1. The van der Waals surface area contributed by atoms with Crippen LogP contribution in [0.15, 0.2) is 67.3 Å². The predicted octanol–water partition coefficient (Wildman–Crippen LogP) is 5.33. The predicted molar refractivity (Wildman–Crippen MR) is 103 cm³/mol. The zero-order valence-corrected chi connectivity index (χ0v) is 15.1. The first kappa shape index (κ1) is 20.1. The second-order valence-corrected chi connectivity index (χ2v) is 6.09. The van der Waals surface area contributed by atoms with E-state index in [1.165, 1.54) is 30.3 Å². The Kier molecular flexibility index (Phi) is 5.63. The van der Waals surface area contributed by atoms with Gasteiger partial charge in [-0.1, -0.05) is 36.4 Å². The van der Waals surface area contributed by atoms with E-state index in [4.69, 9.17) is 5.11 Å². The Balaban J connectivity index is 2.14. The van der Waals surface area contributed by atoms with Crippen LogP contribution in [0.2, 0.25) is 0 Å². The SMILES string of the molecule is C=CCc1c(Nc2ccc(C(=O)O)cc2)nc(-c2ccccc2)nc1C(F)(F)F. The van der Waals surface area contributed by atoms with E-state index in [-0.39, 0.29) is 29.2 Å². The zero-order valence-electron chi connectivity index (χ0n) is 15.1. The summed E-state index contributed by atoms with van der Waals surface area (Å²) in [6.45, 7) is 3.52. The molecule has 148 valence electrons. The van der Waals surface area contributed by atoms with E-state index in [1.807, 2.05) is 0 Å². The van der Waals surface area contributed by atoms with Crippen molar-refractivity contribution in [1.29, 1.82) is 0 Å². The number of nitrogens with zero attached hydrogens (tertiary/aromatic N) is 2. The summed E-state index contributed by atoms with van der Waals surface area (Å²) in [6, 6.07) is 14.0. The van der Waals surface area contributed by atoms with Crippen LogP contribution in [0.4, 0.5) is 24.7 Å². The summed E-state index contributed by atoms with van der Waals surface area (Å²) in [7, 11) is 0. The van der Waals surface area contributed by atoms with Crippen molar-refractivity contribution in [3.8, 4) is 11.4 Å². The van der Waals surface area contributed by atoms with Crippen molar-refractivity contribution in [2.75, 3.05) is 5.32 Å². The molecular formula is C21H16F3N3O2. The van der Waals surface area contributed by atoms with Gasteiger partial charge in [0, 0.05) is 16.8 Å². The zero-order chi connectivity index (χ0) is 21.0. The highest BCUT2D eigenvalue weighted by Crippen LogP contribution is 2.36. The van der Waals surface area contributed by atoms with E-state index >= 15 is 0 Å². The Bertz CT molecular complexity index is 1030. The van der Waals surface area contributed by atoms with Crippen LogP contribution in [0, 0.1) is 0 Å². The Hall–Kier alpha value is -3.68. The molecule has 0 aliphatic heterocycles. The molecule has 3 rings (SSSR count). The third-order valence-corrected chi connectivity index (χ3v) is 4.05. The lowest BCUT2D eigenvalue weighted by Gasteiger charge is -2.17. The van der Waals surface area contributed by atoms with Gasteiger partial charge in [0.15, 0.2) is 11.5 Å². The van der Waals surface area contributed by atoms with Gasteiger partial charge < -0.3 is 10.4 Å². The lowest BCUT2D eigenvalue weighted by molar-refractivity contribution is -0.141. The molecule has 5 nitrogen and oxygen atoms in total. The molecule has 0 fully saturated rings. The van der Waals surface area contributed by atoms with Crippen molar-refractivity contribution in [2.24, 2.45) is 0 Å². The summed E-state index contributed by atoms with van der Waals surface area (Å²) < 4.78 is 41.1. The number of nitrogens with one attached hydrogen (secondary N) is 1. The number of allylic oxidation sites excluding steroid dienone is 1. The number of aromatic nitrogens is 2. The molecule has 0 unspecified atom stereocenters. The minimum atomic E-state index is -4.69. The maximum absolute atomic E-state index is 13.7. The molecule has 0 atom stereocenters. The number of aromatic carboxylic acids is 1. The average Bonchev–Trinajstić information content (AvgIpc) is 2.69. The van der Waals surface area contributed by atoms with Gasteiger partial charge in [0.05, 0.1) is 5.56 Å². The molecule has 0 radical (unpaired) electrons. The quantitative estimate of drug-likeness (QED) is 0.548. The summed E-state index contributed by atoms with van der Waals surface area (Å²) >= 11 is 0. The first-order chi connectivity index (χ1) is 13.8. The van der Waals surface area contributed by atoms with Crippen LogP contribution < -0.4 is 5.32 Å².